The first-order valence-corrected chi connectivity index (χ1v) is 7.95. The van der Waals surface area contributed by atoms with Crippen molar-refractivity contribution in [2.45, 2.75) is 0 Å². The van der Waals surface area contributed by atoms with Gasteiger partial charge in [-0.1, -0.05) is 43.0 Å². The molecule has 108 valence electrons. The second kappa shape index (κ2) is 6.87. The van der Waals surface area contributed by atoms with Crippen molar-refractivity contribution >= 4 is 35.0 Å². The van der Waals surface area contributed by atoms with Crippen LogP contribution in [0.1, 0.15) is 11.1 Å². The summed E-state index contributed by atoms with van der Waals surface area (Å²) in [6, 6.07) is 20.4. The van der Waals surface area contributed by atoms with Gasteiger partial charge in [-0.05, 0) is 46.7 Å². The summed E-state index contributed by atoms with van der Waals surface area (Å²) >= 11 is 1.67. The third kappa shape index (κ3) is 3.32. The molecule has 3 aromatic rings. The topological polar surface area (TPSA) is 15.6 Å². The maximum atomic E-state index is 4.65. The molecule has 0 saturated carbocycles. The molecule has 3 rings (SSSR count). The summed E-state index contributed by atoms with van der Waals surface area (Å²) < 4.78 is 0. The first-order valence-electron chi connectivity index (χ1n) is 7.01. The minimum absolute atomic E-state index is 1.02. The van der Waals surface area contributed by atoms with E-state index >= 15 is 0 Å². The quantitative estimate of drug-likeness (QED) is 0.445. The molecule has 22 heavy (non-hydrogen) atoms. The molecule has 0 unspecified atom stereocenters. The number of nitrogens with zero attached hydrogens (tertiary/aromatic N) is 2. The summed E-state index contributed by atoms with van der Waals surface area (Å²) in [5.41, 5.74) is 4.25. The third-order valence-electron chi connectivity index (χ3n) is 3.24. The van der Waals surface area contributed by atoms with E-state index in [1.165, 1.54) is 0 Å². The highest BCUT2D eigenvalue weighted by Gasteiger charge is 2.07. The number of hydrazone groups is 1. The Morgan fingerprint density at radius 3 is 2.23 bits per heavy atom. The normalized spacial score (nSPS) is 10.7. The Labute approximate surface area is 134 Å². The summed E-state index contributed by atoms with van der Waals surface area (Å²) in [6.07, 6.45) is 3.72. The molecule has 2 nitrogen and oxygen atoms in total. The zero-order valence-corrected chi connectivity index (χ0v) is 12.9. The molecule has 2 aromatic carbocycles. The van der Waals surface area contributed by atoms with Gasteiger partial charge in [-0.3, -0.25) is 0 Å². The van der Waals surface area contributed by atoms with E-state index in [0.717, 1.165) is 22.5 Å². The molecule has 1 aromatic heterocycles. The minimum atomic E-state index is 1.02. The summed E-state index contributed by atoms with van der Waals surface area (Å²) in [6.45, 7) is 3.79. The van der Waals surface area contributed by atoms with Crippen LogP contribution in [-0.2, 0) is 0 Å². The fourth-order valence-corrected chi connectivity index (χ4v) is 2.69. The molecular formula is C19H16N2S. The van der Waals surface area contributed by atoms with Crippen LogP contribution in [0.3, 0.4) is 0 Å². The largest absolute Gasteiger partial charge is 0.234 e. The van der Waals surface area contributed by atoms with Gasteiger partial charge in [0, 0.05) is 5.56 Å². The first-order chi connectivity index (χ1) is 10.9. The zero-order valence-electron chi connectivity index (χ0n) is 12.1. The van der Waals surface area contributed by atoms with Gasteiger partial charge in [0.1, 0.15) is 0 Å². The first kappa shape index (κ1) is 14.3. The molecule has 0 spiro atoms. The minimum Gasteiger partial charge on any atom is -0.234 e. The number of para-hydroxylation sites is 1. The van der Waals surface area contributed by atoms with Gasteiger partial charge in [-0.25, -0.2) is 5.01 Å². The van der Waals surface area contributed by atoms with Gasteiger partial charge >= 0.3 is 0 Å². The summed E-state index contributed by atoms with van der Waals surface area (Å²) in [7, 11) is 0. The number of rotatable bonds is 5. The Balaban J connectivity index is 1.96. The Bertz CT molecular complexity index is 744. The van der Waals surface area contributed by atoms with Crippen LogP contribution < -0.4 is 5.01 Å². The number of thiophene rings is 1. The second-order valence-electron chi connectivity index (χ2n) is 4.74. The van der Waals surface area contributed by atoms with Gasteiger partial charge in [-0.2, -0.15) is 16.4 Å². The predicted molar refractivity (Wildman–Crippen MR) is 97.0 cm³/mol. The van der Waals surface area contributed by atoms with Gasteiger partial charge < -0.3 is 0 Å². The Hall–Kier alpha value is -2.65. The van der Waals surface area contributed by atoms with Crippen molar-refractivity contribution in [3.8, 4) is 0 Å². The number of anilines is 2. The zero-order chi connectivity index (χ0) is 15.2. The van der Waals surface area contributed by atoms with Crippen molar-refractivity contribution in [3.63, 3.8) is 0 Å². The van der Waals surface area contributed by atoms with E-state index in [9.17, 15) is 0 Å². The maximum absolute atomic E-state index is 4.65. The van der Waals surface area contributed by atoms with Crippen molar-refractivity contribution in [2.75, 3.05) is 5.01 Å². The molecule has 1 heterocycles. The van der Waals surface area contributed by atoms with Gasteiger partial charge in [0.05, 0.1) is 17.6 Å². The lowest BCUT2D eigenvalue weighted by Crippen LogP contribution is -2.09. The van der Waals surface area contributed by atoms with Crippen molar-refractivity contribution in [1.29, 1.82) is 0 Å². The molecule has 0 amide bonds. The van der Waals surface area contributed by atoms with Crippen molar-refractivity contribution in [2.24, 2.45) is 5.10 Å². The molecule has 0 radical (unpaired) electrons. The average Bonchev–Trinajstić information content (AvgIpc) is 3.10. The van der Waals surface area contributed by atoms with Crippen molar-refractivity contribution < 1.29 is 0 Å². The molecule has 0 atom stereocenters. The van der Waals surface area contributed by atoms with E-state index < -0.39 is 0 Å². The van der Waals surface area contributed by atoms with Gasteiger partial charge in [0.25, 0.3) is 0 Å². The van der Waals surface area contributed by atoms with Crippen LogP contribution in [0.5, 0.6) is 0 Å². The van der Waals surface area contributed by atoms with E-state index in [1.807, 2.05) is 65.1 Å². The lowest BCUT2D eigenvalue weighted by Gasteiger charge is -2.19. The molecule has 0 saturated heterocycles. The summed E-state index contributed by atoms with van der Waals surface area (Å²) in [5, 5.41) is 10.7. The predicted octanol–water partition coefficient (Wildman–Crippen LogP) is 5.56. The van der Waals surface area contributed by atoms with Crippen LogP contribution in [0.4, 0.5) is 11.4 Å². The lowest BCUT2D eigenvalue weighted by molar-refractivity contribution is 1.09. The van der Waals surface area contributed by atoms with E-state index in [2.05, 4.69) is 35.3 Å². The lowest BCUT2D eigenvalue weighted by atomic mass is 10.2. The van der Waals surface area contributed by atoms with Crippen LogP contribution in [0, 0.1) is 0 Å². The smallest absolute Gasteiger partial charge is 0.0653 e. The van der Waals surface area contributed by atoms with Gasteiger partial charge in [-0.15, -0.1) is 0 Å². The Kier molecular flexibility index (Phi) is 4.47. The van der Waals surface area contributed by atoms with Crippen molar-refractivity contribution in [1.82, 2.24) is 0 Å². The maximum Gasteiger partial charge on any atom is 0.0653 e. The monoisotopic (exact) mass is 304 g/mol. The Morgan fingerprint density at radius 1 is 0.864 bits per heavy atom. The molecule has 0 N–H and O–H groups in total. The summed E-state index contributed by atoms with van der Waals surface area (Å²) in [5.74, 6) is 0. The van der Waals surface area contributed by atoms with E-state index in [0.29, 0.717) is 0 Å². The molecular weight excluding hydrogens is 288 g/mol. The van der Waals surface area contributed by atoms with Gasteiger partial charge in [0.2, 0.25) is 0 Å². The van der Waals surface area contributed by atoms with Crippen LogP contribution >= 0.6 is 11.3 Å². The molecule has 0 aliphatic rings. The fraction of sp³-hybridized carbons (Fsp3) is 0. The van der Waals surface area contributed by atoms with Crippen LogP contribution in [0.2, 0.25) is 0 Å². The molecule has 0 fully saturated rings. The van der Waals surface area contributed by atoms with E-state index in [-0.39, 0.29) is 0 Å². The standard InChI is InChI=1S/C19H16N2S/c1-2-16-8-10-19(11-9-16)21(18-6-4-3-5-7-18)20-14-17-12-13-22-15-17/h2-15H,1H2/b20-14+. The number of hydrogen-bond donors (Lipinski definition) is 0. The van der Waals surface area contributed by atoms with E-state index in [1.54, 1.807) is 11.3 Å². The van der Waals surface area contributed by atoms with Gasteiger partial charge in [0.15, 0.2) is 0 Å². The molecule has 0 aliphatic heterocycles. The van der Waals surface area contributed by atoms with Crippen LogP contribution in [0.25, 0.3) is 6.08 Å². The SMILES string of the molecule is C=Cc1ccc(N(/N=C/c2ccsc2)c2ccccc2)cc1. The number of hydrogen-bond acceptors (Lipinski definition) is 3. The molecule has 0 bridgehead atoms. The highest BCUT2D eigenvalue weighted by Crippen LogP contribution is 2.26. The number of benzene rings is 2. The fourth-order valence-electron chi connectivity index (χ4n) is 2.08. The van der Waals surface area contributed by atoms with Crippen LogP contribution in [0.15, 0.2) is 83.1 Å². The second-order valence-corrected chi connectivity index (χ2v) is 5.52. The summed E-state index contributed by atoms with van der Waals surface area (Å²) in [4.78, 5) is 0. The Morgan fingerprint density at radius 2 is 1.59 bits per heavy atom. The molecule has 3 heteroatoms. The van der Waals surface area contributed by atoms with Crippen LogP contribution in [-0.4, -0.2) is 6.21 Å². The highest BCUT2D eigenvalue weighted by molar-refractivity contribution is 7.08. The molecule has 0 aliphatic carbocycles. The highest BCUT2D eigenvalue weighted by atomic mass is 32.1. The van der Waals surface area contributed by atoms with E-state index in [4.69, 9.17) is 0 Å². The van der Waals surface area contributed by atoms with Crippen molar-refractivity contribution in [3.05, 3.63) is 89.1 Å². The third-order valence-corrected chi connectivity index (χ3v) is 3.94. The average molecular weight is 304 g/mol.